The third-order valence-corrected chi connectivity index (χ3v) is 3.95. The zero-order valence-electron chi connectivity index (χ0n) is 12.7. The standard InChI is InChI=1S/C15H19BO5/c1-9(2)14-15(3,4)21-16(20-14)12-10(7-17)5-6-11-13(12)19-8-18-11/h5-7,9,14H,8H2,1-4H3. The second-order valence-electron chi connectivity index (χ2n) is 6.27. The number of aldehydes is 1. The maximum atomic E-state index is 11.4. The van der Waals surface area contributed by atoms with Crippen molar-refractivity contribution in [1.29, 1.82) is 0 Å². The van der Waals surface area contributed by atoms with Crippen LogP contribution in [0.4, 0.5) is 0 Å². The highest BCUT2D eigenvalue weighted by molar-refractivity contribution is 6.64. The number of ether oxygens (including phenoxy) is 2. The zero-order chi connectivity index (χ0) is 15.2. The fourth-order valence-electron chi connectivity index (χ4n) is 3.11. The van der Waals surface area contributed by atoms with Crippen LogP contribution in [0.15, 0.2) is 12.1 Å². The first-order valence-electron chi connectivity index (χ1n) is 7.15. The Morgan fingerprint density at radius 2 is 2.10 bits per heavy atom. The molecule has 2 heterocycles. The Kier molecular flexibility index (Phi) is 3.46. The van der Waals surface area contributed by atoms with Crippen molar-refractivity contribution in [2.45, 2.75) is 39.4 Å². The van der Waals surface area contributed by atoms with Gasteiger partial charge in [-0.25, -0.2) is 0 Å². The molecule has 2 aliphatic heterocycles. The summed E-state index contributed by atoms with van der Waals surface area (Å²) in [5, 5.41) is 0. The summed E-state index contributed by atoms with van der Waals surface area (Å²) in [5.74, 6) is 1.47. The summed E-state index contributed by atoms with van der Waals surface area (Å²) < 4.78 is 23.0. The van der Waals surface area contributed by atoms with Crippen molar-refractivity contribution in [3.63, 3.8) is 0 Å². The molecule has 0 bridgehead atoms. The van der Waals surface area contributed by atoms with Crippen LogP contribution in [-0.2, 0) is 9.31 Å². The maximum Gasteiger partial charge on any atom is 0.499 e. The van der Waals surface area contributed by atoms with E-state index >= 15 is 0 Å². The molecular formula is C15H19BO5. The van der Waals surface area contributed by atoms with E-state index in [2.05, 4.69) is 13.8 Å². The van der Waals surface area contributed by atoms with E-state index in [1.54, 1.807) is 12.1 Å². The SMILES string of the molecule is CC(C)C1OB(c2c(C=O)ccc3c2OCO3)OC1(C)C. The lowest BCUT2D eigenvalue weighted by Gasteiger charge is -2.28. The van der Waals surface area contributed by atoms with Gasteiger partial charge < -0.3 is 18.8 Å². The highest BCUT2D eigenvalue weighted by Crippen LogP contribution is 2.36. The molecule has 6 heteroatoms. The Hall–Kier alpha value is -1.53. The summed E-state index contributed by atoms with van der Waals surface area (Å²) >= 11 is 0. The van der Waals surface area contributed by atoms with E-state index in [-0.39, 0.29) is 12.9 Å². The monoisotopic (exact) mass is 290 g/mol. The van der Waals surface area contributed by atoms with Crippen molar-refractivity contribution in [2.75, 3.05) is 6.79 Å². The number of hydrogen-bond acceptors (Lipinski definition) is 5. The first kappa shape index (κ1) is 14.4. The summed E-state index contributed by atoms with van der Waals surface area (Å²) in [5.41, 5.74) is 0.696. The van der Waals surface area contributed by atoms with E-state index in [0.29, 0.717) is 28.4 Å². The summed E-state index contributed by atoms with van der Waals surface area (Å²) in [6.45, 7) is 8.33. The smallest absolute Gasteiger partial charge is 0.454 e. The number of carbonyl (C=O) groups is 1. The average Bonchev–Trinajstić information content (AvgIpc) is 3.00. The number of rotatable bonds is 3. The Balaban J connectivity index is 2.02. The lowest BCUT2D eigenvalue weighted by Crippen LogP contribution is -2.37. The van der Waals surface area contributed by atoms with Crippen molar-refractivity contribution < 1.29 is 23.6 Å². The average molecular weight is 290 g/mol. The van der Waals surface area contributed by atoms with Gasteiger partial charge in [-0.1, -0.05) is 13.8 Å². The van der Waals surface area contributed by atoms with E-state index < -0.39 is 12.7 Å². The number of hydrogen-bond donors (Lipinski definition) is 0. The quantitative estimate of drug-likeness (QED) is 0.627. The third kappa shape index (κ3) is 2.32. The first-order chi connectivity index (χ1) is 9.94. The van der Waals surface area contributed by atoms with Crippen molar-refractivity contribution in [2.24, 2.45) is 5.92 Å². The van der Waals surface area contributed by atoms with Crippen LogP contribution in [0, 0.1) is 5.92 Å². The first-order valence-corrected chi connectivity index (χ1v) is 7.15. The largest absolute Gasteiger partial charge is 0.499 e. The molecular weight excluding hydrogens is 271 g/mol. The van der Waals surface area contributed by atoms with Gasteiger partial charge in [-0.05, 0) is 31.9 Å². The van der Waals surface area contributed by atoms with Crippen LogP contribution in [0.1, 0.15) is 38.1 Å². The second kappa shape index (κ2) is 5.03. The van der Waals surface area contributed by atoms with Crippen molar-refractivity contribution in [1.82, 2.24) is 0 Å². The van der Waals surface area contributed by atoms with Crippen LogP contribution >= 0.6 is 0 Å². The molecule has 1 unspecified atom stereocenters. The highest BCUT2D eigenvalue weighted by Gasteiger charge is 2.49. The molecule has 0 saturated carbocycles. The second-order valence-corrected chi connectivity index (χ2v) is 6.27. The van der Waals surface area contributed by atoms with E-state index in [1.165, 1.54) is 0 Å². The van der Waals surface area contributed by atoms with Gasteiger partial charge in [0.05, 0.1) is 11.7 Å². The Bertz CT molecular complexity index is 569. The highest BCUT2D eigenvalue weighted by atomic mass is 16.7. The van der Waals surface area contributed by atoms with Crippen LogP contribution in [0.3, 0.4) is 0 Å². The Morgan fingerprint density at radius 1 is 1.33 bits per heavy atom. The lowest BCUT2D eigenvalue weighted by atomic mass is 9.75. The molecule has 2 aliphatic rings. The number of fused-ring (bicyclic) bond motifs is 1. The molecule has 1 saturated heterocycles. The molecule has 21 heavy (non-hydrogen) atoms. The maximum absolute atomic E-state index is 11.4. The van der Waals surface area contributed by atoms with Gasteiger partial charge in [-0.2, -0.15) is 0 Å². The number of benzene rings is 1. The molecule has 3 rings (SSSR count). The van der Waals surface area contributed by atoms with E-state index in [0.717, 1.165) is 6.29 Å². The zero-order valence-corrected chi connectivity index (χ0v) is 12.7. The fourth-order valence-corrected chi connectivity index (χ4v) is 3.11. The molecule has 0 amide bonds. The normalized spacial score (nSPS) is 22.9. The van der Waals surface area contributed by atoms with Gasteiger partial charge in [-0.15, -0.1) is 0 Å². The van der Waals surface area contributed by atoms with Crippen LogP contribution in [0.5, 0.6) is 11.5 Å². The molecule has 1 aromatic carbocycles. The fraction of sp³-hybridized carbons (Fsp3) is 0.533. The van der Waals surface area contributed by atoms with E-state index in [1.807, 2.05) is 13.8 Å². The van der Waals surface area contributed by atoms with Crippen molar-refractivity contribution in [3.05, 3.63) is 17.7 Å². The van der Waals surface area contributed by atoms with Gasteiger partial charge in [0.2, 0.25) is 6.79 Å². The van der Waals surface area contributed by atoms with Gasteiger partial charge in [0.15, 0.2) is 11.5 Å². The Labute approximate surface area is 124 Å². The molecule has 112 valence electrons. The molecule has 1 aromatic rings. The van der Waals surface area contributed by atoms with Gasteiger partial charge in [-0.3, -0.25) is 4.79 Å². The molecule has 0 aliphatic carbocycles. The van der Waals surface area contributed by atoms with Crippen LogP contribution in [-0.4, -0.2) is 31.9 Å². The summed E-state index contributed by atoms with van der Waals surface area (Å²) in [6, 6.07) is 3.44. The molecule has 1 fully saturated rings. The minimum atomic E-state index is -0.621. The molecule has 5 nitrogen and oxygen atoms in total. The van der Waals surface area contributed by atoms with Crippen molar-refractivity contribution in [3.8, 4) is 11.5 Å². The van der Waals surface area contributed by atoms with E-state index in [4.69, 9.17) is 18.8 Å². The predicted molar refractivity (Wildman–Crippen MR) is 78.2 cm³/mol. The molecule has 0 N–H and O–H groups in total. The summed E-state index contributed by atoms with van der Waals surface area (Å²) in [4.78, 5) is 11.4. The summed E-state index contributed by atoms with van der Waals surface area (Å²) in [6.07, 6.45) is 0.736. The molecule has 0 aromatic heterocycles. The van der Waals surface area contributed by atoms with Gasteiger partial charge in [0.25, 0.3) is 0 Å². The van der Waals surface area contributed by atoms with Crippen LogP contribution in [0.2, 0.25) is 0 Å². The molecule has 1 atom stereocenters. The predicted octanol–water partition coefficient (Wildman–Crippen LogP) is 1.77. The summed E-state index contributed by atoms with van der Waals surface area (Å²) in [7, 11) is -0.621. The molecule has 0 radical (unpaired) electrons. The van der Waals surface area contributed by atoms with Gasteiger partial charge in [0.1, 0.15) is 6.29 Å². The van der Waals surface area contributed by atoms with Gasteiger partial charge in [0, 0.05) is 11.0 Å². The minimum absolute atomic E-state index is 0.0554. The minimum Gasteiger partial charge on any atom is -0.454 e. The molecule has 0 spiro atoms. The Morgan fingerprint density at radius 3 is 2.71 bits per heavy atom. The number of carbonyl (C=O) groups excluding carboxylic acids is 1. The van der Waals surface area contributed by atoms with Gasteiger partial charge >= 0.3 is 7.12 Å². The lowest BCUT2D eigenvalue weighted by molar-refractivity contribution is 0.0438. The van der Waals surface area contributed by atoms with Crippen LogP contribution < -0.4 is 14.9 Å². The topological polar surface area (TPSA) is 54.0 Å². The van der Waals surface area contributed by atoms with Crippen molar-refractivity contribution >= 4 is 18.9 Å². The third-order valence-electron chi connectivity index (χ3n) is 3.95. The van der Waals surface area contributed by atoms with Crippen LogP contribution in [0.25, 0.3) is 0 Å². The van der Waals surface area contributed by atoms with E-state index in [9.17, 15) is 4.79 Å².